The molecule has 3 rings (SSSR count). The van der Waals surface area contributed by atoms with Crippen LogP contribution in [0.5, 0.6) is 11.6 Å². The zero-order chi connectivity index (χ0) is 13.9. The highest BCUT2D eigenvalue weighted by atomic mass is 16.5. The van der Waals surface area contributed by atoms with E-state index in [1.807, 2.05) is 30.3 Å². The summed E-state index contributed by atoms with van der Waals surface area (Å²) in [5.74, 6) is 1.16. The lowest BCUT2D eigenvalue weighted by Gasteiger charge is -2.09. The van der Waals surface area contributed by atoms with Crippen LogP contribution in [-0.2, 0) is 0 Å². The monoisotopic (exact) mass is 266 g/mol. The van der Waals surface area contributed by atoms with Crippen LogP contribution < -0.4 is 4.74 Å². The fourth-order valence-electron chi connectivity index (χ4n) is 2.02. The fourth-order valence-corrected chi connectivity index (χ4v) is 2.02. The maximum Gasteiger partial charge on any atom is 0.219 e. The molecule has 1 aromatic carbocycles. The molecule has 0 amide bonds. The molecule has 0 saturated heterocycles. The van der Waals surface area contributed by atoms with Gasteiger partial charge in [-0.1, -0.05) is 6.07 Å². The molecule has 2 aromatic heterocycles. The molecule has 0 radical (unpaired) electrons. The third-order valence-electron chi connectivity index (χ3n) is 3.06. The molecule has 4 nitrogen and oxygen atoms in total. The van der Waals surface area contributed by atoms with Crippen LogP contribution >= 0.6 is 0 Å². The minimum absolute atomic E-state index is 0.458. The van der Waals surface area contributed by atoms with Gasteiger partial charge in [-0.3, -0.25) is 4.98 Å². The van der Waals surface area contributed by atoms with E-state index in [9.17, 15) is 5.11 Å². The highest BCUT2D eigenvalue weighted by molar-refractivity contribution is 5.85. The van der Waals surface area contributed by atoms with Crippen molar-refractivity contribution in [2.45, 2.75) is 13.0 Å². The summed E-state index contributed by atoms with van der Waals surface area (Å²) in [6, 6.07) is 13.0. The topological polar surface area (TPSA) is 55.2 Å². The quantitative estimate of drug-likeness (QED) is 0.788. The SMILES string of the molecule is CC(O)c1ccnc(Oc2cccc3ncccc23)c1. The Kier molecular flexibility index (Phi) is 3.31. The van der Waals surface area contributed by atoms with Crippen LogP contribution in [0.25, 0.3) is 10.9 Å². The molecule has 0 spiro atoms. The van der Waals surface area contributed by atoms with Crippen molar-refractivity contribution in [3.63, 3.8) is 0 Å². The Hall–Kier alpha value is -2.46. The second kappa shape index (κ2) is 5.27. The number of aliphatic hydroxyl groups excluding tert-OH is 1. The zero-order valence-corrected chi connectivity index (χ0v) is 11.0. The predicted octanol–water partition coefficient (Wildman–Crippen LogP) is 3.48. The van der Waals surface area contributed by atoms with Gasteiger partial charge in [0, 0.05) is 23.8 Å². The third kappa shape index (κ3) is 2.46. The molecular formula is C16H14N2O2. The van der Waals surface area contributed by atoms with Gasteiger partial charge >= 0.3 is 0 Å². The smallest absolute Gasteiger partial charge is 0.219 e. The van der Waals surface area contributed by atoms with Gasteiger partial charge in [0.15, 0.2) is 0 Å². The van der Waals surface area contributed by atoms with E-state index in [1.54, 1.807) is 31.5 Å². The Morgan fingerprint density at radius 1 is 1.05 bits per heavy atom. The summed E-state index contributed by atoms with van der Waals surface area (Å²) in [6.45, 7) is 1.71. The summed E-state index contributed by atoms with van der Waals surface area (Å²) in [5.41, 5.74) is 1.64. The Morgan fingerprint density at radius 2 is 1.95 bits per heavy atom. The van der Waals surface area contributed by atoms with E-state index in [4.69, 9.17) is 4.74 Å². The highest BCUT2D eigenvalue weighted by Gasteiger charge is 2.07. The van der Waals surface area contributed by atoms with Crippen LogP contribution in [0.15, 0.2) is 54.9 Å². The van der Waals surface area contributed by atoms with E-state index in [0.29, 0.717) is 11.6 Å². The average Bonchev–Trinajstić information content (AvgIpc) is 2.48. The van der Waals surface area contributed by atoms with Crippen LogP contribution in [0.2, 0.25) is 0 Å². The van der Waals surface area contributed by atoms with Crippen LogP contribution in [0.4, 0.5) is 0 Å². The van der Waals surface area contributed by atoms with Gasteiger partial charge in [0.05, 0.1) is 11.6 Å². The molecule has 3 aromatic rings. The van der Waals surface area contributed by atoms with E-state index in [-0.39, 0.29) is 0 Å². The lowest BCUT2D eigenvalue weighted by Crippen LogP contribution is -1.94. The molecule has 0 aliphatic carbocycles. The molecule has 2 heterocycles. The van der Waals surface area contributed by atoms with Gasteiger partial charge in [-0.25, -0.2) is 4.98 Å². The van der Waals surface area contributed by atoms with Crippen molar-refractivity contribution in [3.8, 4) is 11.6 Å². The first-order valence-electron chi connectivity index (χ1n) is 6.39. The third-order valence-corrected chi connectivity index (χ3v) is 3.06. The van der Waals surface area contributed by atoms with Crippen LogP contribution in [0.3, 0.4) is 0 Å². The number of benzene rings is 1. The van der Waals surface area contributed by atoms with Gasteiger partial charge in [-0.15, -0.1) is 0 Å². The Labute approximate surface area is 116 Å². The molecule has 0 aliphatic rings. The van der Waals surface area contributed by atoms with Crippen molar-refractivity contribution >= 4 is 10.9 Å². The van der Waals surface area contributed by atoms with Crippen LogP contribution in [0, 0.1) is 0 Å². The van der Waals surface area contributed by atoms with E-state index >= 15 is 0 Å². The Balaban J connectivity index is 1.99. The second-order valence-corrected chi connectivity index (χ2v) is 4.53. The number of aliphatic hydroxyl groups is 1. The summed E-state index contributed by atoms with van der Waals surface area (Å²) >= 11 is 0. The Bertz CT molecular complexity index is 736. The van der Waals surface area contributed by atoms with Crippen molar-refractivity contribution in [3.05, 3.63) is 60.4 Å². The average molecular weight is 266 g/mol. The number of hydrogen-bond donors (Lipinski definition) is 1. The first-order chi connectivity index (χ1) is 9.74. The summed E-state index contributed by atoms with van der Waals surface area (Å²) in [5, 5.41) is 10.5. The number of pyridine rings is 2. The molecule has 0 bridgehead atoms. The van der Waals surface area contributed by atoms with Crippen molar-refractivity contribution in [2.24, 2.45) is 0 Å². The predicted molar refractivity (Wildman–Crippen MR) is 76.7 cm³/mol. The minimum atomic E-state index is -0.547. The first-order valence-corrected chi connectivity index (χ1v) is 6.39. The molecule has 20 heavy (non-hydrogen) atoms. The van der Waals surface area contributed by atoms with Gasteiger partial charge in [-0.05, 0) is 42.8 Å². The van der Waals surface area contributed by atoms with E-state index in [0.717, 1.165) is 16.5 Å². The van der Waals surface area contributed by atoms with Crippen LogP contribution in [-0.4, -0.2) is 15.1 Å². The molecule has 1 unspecified atom stereocenters. The maximum absolute atomic E-state index is 9.59. The normalized spacial score (nSPS) is 12.3. The standard InChI is InChI=1S/C16H14N2O2/c1-11(19)12-7-9-18-16(10-12)20-15-6-2-5-14-13(15)4-3-8-17-14/h2-11,19H,1H3. The molecule has 0 fully saturated rings. The number of aromatic nitrogens is 2. The number of nitrogens with zero attached hydrogens (tertiary/aromatic N) is 2. The van der Waals surface area contributed by atoms with E-state index in [2.05, 4.69) is 9.97 Å². The van der Waals surface area contributed by atoms with Gasteiger partial charge in [-0.2, -0.15) is 0 Å². The molecule has 1 atom stereocenters. The summed E-state index contributed by atoms with van der Waals surface area (Å²) in [4.78, 5) is 8.46. The van der Waals surface area contributed by atoms with Crippen LogP contribution in [0.1, 0.15) is 18.6 Å². The number of ether oxygens (including phenoxy) is 1. The highest BCUT2D eigenvalue weighted by Crippen LogP contribution is 2.28. The van der Waals surface area contributed by atoms with Gasteiger partial charge in [0.2, 0.25) is 5.88 Å². The lowest BCUT2D eigenvalue weighted by molar-refractivity contribution is 0.198. The summed E-state index contributed by atoms with van der Waals surface area (Å²) in [6.07, 6.45) is 2.83. The number of fused-ring (bicyclic) bond motifs is 1. The molecule has 0 aliphatic heterocycles. The molecule has 0 saturated carbocycles. The molecular weight excluding hydrogens is 252 g/mol. The second-order valence-electron chi connectivity index (χ2n) is 4.53. The van der Waals surface area contributed by atoms with Crippen molar-refractivity contribution < 1.29 is 9.84 Å². The lowest BCUT2D eigenvalue weighted by atomic mass is 10.2. The van der Waals surface area contributed by atoms with Crippen molar-refractivity contribution in [2.75, 3.05) is 0 Å². The number of rotatable bonds is 3. The van der Waals surface area contributed by atoms with Gasteiger partial charge in [0.25, 0.3) is 0 Å². The maximum atomic E-state index is 9.59. The van der Waals surface area contributed by atoms with Gasteiger partial charge < -0.3 is 9.84 Å². The molecule has 4 heteroatoms. The summed E-state index contributed by atoms with van der Waals surface area (Å²) in [7, 11) is 0. The van der Waals surface area contributed by atoms with Crippen molar-refractivity contribution in [1.82, 2.24) is 9.97 Å². The minimum Gasteiger partial charge on any atom is -0.438 e. The largest absolute Gasteiger partial charge is 0.438 e. The first kappa shape index (κ1) is 12.6. The van der Waals surface area contributed by atoms with Gasteiger partial charge in [0.1, 0.15) is 5.75 Å². The fraction of sp³-hybridized carbons (Fsp3) is 0.125. The Morgan fingerprint density at radius 3 is 2.80 bits per heavy atom. The summed E-state index contributed by atoms with van der Waals surface area (Å²) < 4.78 is 5.82. The van der Waals surface area contributed by atoms with Crippen molar-refractivity contribution in [1.29, 1.82) is 0 Å². The van der Waals surface area contributed by atoms with E-state index in [1.165, 1.54) is 0 Å². The number of hydrogen-bond acceptors (Lipinski definition) is 4. The molecule has 100 valence electrons. The van der Waals surface area contributed by atoms with E-state index < -0.39 is 6.10 Å². The molecule has 1 N–H and O–H groups in total. The zero-order valence-electron chi connectivity index (χ0n) is 11.0.